The van der Waals surface area contributed by atoms with Gasteiger partial charge in [0.15, 0.2) is 0 Å². The first-order chi connectivity index (χ1) is 11.1. The van der Waals surface area contributed by atoms with E-state index in [9.17, 15) is 18.0 Å². The van der Waals surface area contributed by atoms with Gasteiger partial charge in [0.05, 0.1) is 16.3 Å². The van der Waals surface area contributed by atoms with Gasteiger partial charge in [0.1, 0.15) is 6.04 Å². The third kappa shape index (κ3) is 3.88. The summed E-state index contributed by atoms with van der Waals surface area (Å²) in [5.74, 6) is -1.80. The molecule has 1 aliphatic rings. The minimum Gasteiger partial charge on any atom is -0.478 e. The zero-order chi connectivity index (χ0) is 18.1. The molecule has 0 radical (unpaired) electrons. The Morgan fingerprint density at radius 3 is 2.46 bits per heavy atom. The first-order valence-corrected chi connectivity index (χ1v) is 9.45. The van der Waals surface area contributed by atoms with Crippen molar-refractivity contribution in [3.8, 4) is 0 Å². The second-order valence-electron chi connectivity index (χ2n) is 5.96. The van der Waals surface area contributed by atoms with Gasteiger partial charge in [0.2, 0.25) is 15.9 Å². The van der Waals surface area contributed by atoms with E-state index in [4.69, 9.17) is 16.7 Å². The normalized spacial score (nSPS) is 18.5. The van der Waals surface area contributed by atoms with Crippen molar-refractivity contribution < 1.29 is 23.1 Å². The Balaban J connectivity index is 2.23. The highest BCUT2D eigenvalue weighted by molar-refractivity contribution is 7.89. The SMILES string of the molecule is CC(C)C(C(=O)Nc1ccc(C(=O)O)c(Cl)c1)N1CCCS1(=O)=O. The van der Waals surface area contributed by atoms with E-state index in [0.717, 1.165) is 0 Å². The minimum absolute atomic E-state index is 0.00445. The van der Waals surface area contributed by atoms with Gasteiger partial charge in [-0.1, -0.05) is 25.4 Å². The number of rotatable bonds is 5. The topological polar surface area (TPSA) is 104 Å². The maximum atomic E-state index is 12.6. The molecule has 1 fully saturated rings. The van der Waals surface area contributed by atoms with Gasteiger partial charge in [-0.05, 0) is 30.5 Å². The van der Waals surface area contributed by atoms with Gasteiger partial charge in [-0.3, -0.25) is 4.79 Å². The smallest absolute Gasteiger partial charge is 0.337 e. The second-order valence-corrected chi connectivity index (χ2v) is 8.41. The third-order valence-electron chi connectivity index (χ3n) is 3.82. The predicted molar refractivity (Wildman–Crippen MR) is 90.8 cm³/mol. The number of aromatic carboxylic acids is 1. The van der Waals surface area contributed by atoms with Crippen molar-refractivity contribution in [2.24, 2.45) is 5.92 Å². The van der Waals surface area contributed by atoms with Crippen molar-refractivity contribution in [1.82, 2.24) is 4.31 Å². The lowest BCUT2D eigenvalue weighted by Crippen LogP contribution is -2.48. The molecule has 1 aromatic rings. The number of nitrogens with zero attached hydrogens (tertiary/aromatic N) is 1. The number of carbonyl (C=O) groups is 2. The van der Waals surface area contributed by atoms with Crippen molar-refractivity contribution in [1.29, 1.82) is 0 Å². The van der Waals surface area contributed by atoms with Crippen LogP contribution in [-0.2, 0) is 14.8 Å². The summed E-state index contributed by atoms with van der Waals surface area (Å²) >= 11 is 5.88. The van der Waals surface area contributed by atoms with Gasteiger partial charge in [0.25, 0.3) is 0 Å². The number of nitrogens with one attached hydrogen (secondary N) is 1. The van der Waals surface area contributed by atoms with Gasteiger partial charge < -0.3 is 10.4 Å². The molecule has 132 valence electrons. The fourth-order valence-corrected chi connectivity index (χ4v) is 4.80. The van der Waals surface area contributed by atoms with E-state index in [1.807, 2.05) is 0 Å². The lowest BCUT2D eigenvalue weighted by atomic mass is 10.0. The van der Waals surface area contributed by atoms with Crippen LogP contribution in [0.1, 0.15) is 30.6 Å². The molecule has 0 spiro atoms. The molecule has 1 heterocycles. The number of halogens is 1. The summed E-state index contributed by atoms with van der Waals surface area (Å²) in [6.45, 7) is 3.87. The maximum absolute atomic E-state index is 12.6. The predicted octanol–water partition coefficient (Wildman–Crippen LogP) is 2.04. The summed E-state index contributed by atoms with van der Waals surface area (Å²) in [5.41, 5.74) is 0.245. The zero-order valence-corrected chi connectivity index (χ0v) is 14.9. The average molecular weight is 375 g/mol. The van der Waals surface area contributed by atoms with Crippen LogP contribution < -0.4 is 5.32 Å². The van der Waals surface area contributed by atoms with Crippen LogP contribution in [0.15, 0.2) is 18.2 Å². The van der Waals surface area contributed by atoms with E-state index >= 15 is 0 Å². The van der Waals surface area contributed by atoms with Crippen LogP contribution in [0.3, 0.4) is 0 Å². The van der Waals surface area contributed by atoms with Crippen molar-refractivity contribution in [3.05, 3.63) is 28.8 Å². The molecule has 2 rings (SSSR count). The van der Waals surface area contributed by atoms with Crippen molar-refractivity contribution >= 4 is 39.2 Å². The number of carboxylic acid groups (broad SMARTS) is 1. The molecule has 1 atom stereocenters. The highest BCUT2D eigenvalue weighted by Gasteiger charge is 2.39. The first kappa shape index (κ1) is 18.7. The maximum Gasteiger partial charge on any atom is 0.337 e. The van der Waals surface area contributed by atoms with Crippen LogP contribution >= 0.6 is 11.6 Å². The molecule has 24 heavy (non-hydrogen) atoms. The highest BCUT2D eigenvalue weighted by atomic mass is 35.5. The monoisotopic (exact) mass is 374 g/mol. The quantitative estimate of drug-likeness (QED) is 0.820. The molecule has 1 aliphatic heterocycles. The second kappa shape index (κ2) is 7.08. The molecule has 1 saturated heterocycles. The van der Waals surface area contributed by atoms with Crippen molar-refractivity contribution in [2.75, 3.05) is 17.6 Å². The summed E-state index contributed by atoms with van der Waals surface area (Å²) < 4.78 is 25.4. The lowest BCUT2D eigenvalue weighted by molar-refractivity contribution is -0.120. The third-order valence-corrected chi connectivity index (χ3v) is 6.06. The largest absolute Gasteiger partial charge is 0.478 e. The highest BCUT2D eigenvalue weighted by Crippen LogP contribution is 2.25. The Kier molecular flexibility index (Phi) is 5.52. The Morgan fingerprint density at radius 1 is 1.33 bits per heavy atom. The lowest BCUT2D eigenvalue weighted by Gasteiger charge is -2.28. The van der Waals surface area contributed by atoms with Crippen LogP contribution in [0.25, 0.3) is 0 Å². The van der Waals surface area contributed by atoms with Gasteiger partial charge in [0, 0.05) is 12.2 Å². The summed E-state index contributed by atoms with van der Waals surface area (Å²) in [5, 5.41) is 11.6. The number of amides is 1. The summed E-state index contributed by atoms with van der Waals surface area (Å²) in [4.78, 5) is 23.5. The molecule has 9 heteroatoms. The van der Waals surface area contributed by atoms with Crippen LogP contribution in [0, 0.1) is 5.92 Å². The van der Waals surface area contributed by atoms with Crippen LogP contribution in [0.5, 0.6) is 0 Å². The molecular formula is C15H19ClN2O5S. The molecule has 7 nitrogen and oxygen atoms in total. The van der Waals surface area contributed by atoms with E-state index in [1.54, 1.807) is 13.8 Å². The van der Waals surface area contributed by atoms with Gasteiger partial charge >= 0.3 is 5.97 Å². The number of anilines is 1. The zero-order valence-electron chi connectivity index (χ0n) is 13.3. The molecule has 0 bridgehead atoms. The molecule has 2 N–H and O–H groups in total. The Labute approximate surface area is 145 Å². The fourth-order valence-electron chi connectivity index (χ4n) is 2.72. The van der Waals surface area contributed by atoms with E-state index in [1.165, 1.54) is 22.5 Å². The van der Waals surface area contributed by atoms with E-state index in [-0.39, 0.29) is 22.3 Å². The van der Waals surface area contributed by atoms with Crippen molar-refractivity contribution in [2.45, 2.75) is 26.3 Å². The number of hydrogen-bond donors (Lipinski definition) is 2. The van der Waals surface area contributed by atoms with Crippen LogP contribution in [-0.4, -0.2) is 48.0 Å². The molecule has 0 aromatic heterocycles. The fraction of sp³-hybridized carbons (Fsp3) is 0.467. The van der Waals surface area contributed by atoms with Crippen molar-refractivity contribution in [3.63, 3.8) is 0 Å². The standard InChI is InChI=1S/C15H19ClN2O5S/c1-9(2)13(18-6-3-7-24(18,22)23)14(19)17-10-4-5-11(15(20)21)12(16)8-10/h4-5,8-9,13H,3,6-7H2,1-2H3,(H,17,19)(H,20,21). The number of benzene rings is 1. The van der Waals surface area contributed by atoms with Gasteiger partial charge in [-0.2, -0.15) is 4.31 Å². The Bertz CT molecular complexity index is 763. The Hall–Kier alpha value is -1.64. The minimum atomic E-state index is -3.43. The molecule has 0 aliphatic carbocycles. The van der Waals surface area contributed by atoms with Crippen LogP contribution in [0.2, 0.25) is 5.02 Å². The molecule has 0 saturated carbocycles. The number of carbonyl (C=O) groups excluding carboxylic acids is 1. The molecule has 1 aromatic carbocycles. The number of sulfonamides is 1. The number of carboxylic acids is 1. The van der Waals surface area contributed by atoms with E-state index in [0.29, 0.717) is 18.7 Å². The average Bonchev–Trinajstić information content (AvgIpc) is 2.78. The molecular weight excluding hydrogens is 356 g/mol. The molecule has 1 amide bonds. The van der Waals surface area contributed by atoms with Gasteiger partial charge in [-0.15, -0.1) is 0 Å². The van der Waals surface area contributed by atoms with Gasteiger partial charge in [-0.25, -0.2) is 13.2 Å². The van der Waals surface area contributed by atoms with Crippen LogP contribution in [0.4, 0.5) is 5.69 Å². The summed E-state index contributed by atoms with van der Waals surface area (Å²) in [6, 6.07) is 3.22. The Morgan fingerprint density at radius 2 is 2.00 bits per heavy atom. The summed E-state index contributed by atoms with van der Waals surface area (Å²) in [7, 11) is -3.43. The van der Waals surface area contributed by atoms with E-state index < -0.39 is 27.9 Å². The first-order valence-electron chi connectivity index (χ1n) is 7.46. The van der Waals surface area contributed by atoms with E-state index in [2.05, 4.69) is 5.32 Å². The molecule has 1 unspecified atom stereocenters. The number of hydrogen-bond acceptors (Lipinski definition) is 4. The summed E-state index contributed by atoms with van der Waals surface area (Å²) in [6.07, 6.45) is 0.498.